The van der Waals surface area contributed by atoms with E-state index in [4.69, 9.17) is 19.4 Å². The molecule has 3 aromatic carbocycles. The lowest BCUT2D eigenvalue weighted by molar-refractivity contribution is -0.139. The topological polar surface area (TPSA) is 175 Å². The number of hydrogen-bond acceptors (Lipinski definition) is 8. The van der Waals surface area contributed by atoms with Crippen LogP contribution in [0, 0.1) is 17.8 Å². The van der Waals surface area contributed by atoms with Gasteiger partial charge in [0.05, 0.1) is 49.2 Å². The standard InChI is InChI=1S/C48H56N8O6/c1-25(2)40(53-47(59)61-5)45(57)55-19-7-8-39(55)43-49-24-38(52-43)31-13-17-35-30(21-31)10-9-29-20-27(12-16-34(29)35)28-14-18-36-37(23-28)51-44(50-36)42-32-11-15-33(22-32)56(42)46(58)41(26(3)4)54-48(60)62-6/h12-14,16-18,20-21,23-26,32-33,39-42H,7-11,15,19,22H2,1-6H3,(H,49,52)(H,50,51)(H,53,59)(H,54,60). The molecule has 5 aromatic rings. The summed E-state index contributed by atoms with van der Waals surface area (Å²) in [5, 5.41) is 5.50. The second kappa shape index (κ2) is 16.6. The van der Waals surface area contributed by atoms with E-state index >= 15 is 0 Å². The van der Waals surface area contributed by atoms with Gasteiger partial charge in [0.15, 0.2) is 0 Å². The molecule has 62 heavy (non-hydrogen) atoms. The van der Waals surface area contributed by atoms with Crippen LogP contribution < -0.4 is 10.6 Å². The Bertz CT molecular complexity index is 2540. The minimum atomic E-state index is -0.683. The second-order valence-corrected chi connectivity index (χ2v) is 18.1. The highest BCUT2D eigenvalue weighted by atomic mass is 16.5. The van der Waals surface area contributed by atoms with Gasteiger partial charge < -0.3 is 39.9 Å². The van der Waals surface area contributed by atoms with Crippen molar-refractivity contribution < 1.29 is 28.7 Å². The predicted molar refractivity (Wildman–Crippen MR) is 235 cm³/mol. The van der Waals surface area contributed by atoms with Crippen LogP contribution in [-0.4, -0.2) is 92.6 Å². The molecule has 324 valence electrons. The molecule has 4 heterocycles. The average molecular weight is 841 g/mol. The lowest BCUT2D eigenvalue weighted by atomic mass is 9.83. The van der Waals surface area contributed by atoms with Crippen molar-refractivity contribution in [3.05, 3.63) is 83.6 Å². The van der Waals surface area contributed by atoms with E-state index in [1.54, 1.807) is 0 Å². The molecular weight excluding hydrogens is 785 g/mol. The summed E-state index contributed by atoms with van der Waals surface area (Å²) in [4.78, 5) is 72.7. The molecule has 4 aliphatic rings. The third-order valence-electron chi connectivity index (χ3n) is 13.7. The summed E-state index contributed by atoms with van der Waals surface area (Å²) in [6.45, 7) is 8.31. The summed E-state index contributed by atoms with van der Waals surface area (Å²) in [5.74, 6) is 1.45. The number of amides is 4. The molecule has 6 atom stereocenters. The second-order valence-electron chi connectivity index (χ2n) is 18.1. The van der Waals surface area contributed by atoms with Crippen LogP contribution >= 0.6 is 0 Å². The number of aryl methyl sites for hydroxylation is 2. The average Bonchev–Trinajstić information content (AvgIpc) is 4.14. The summed E-state index contributed by atoms with van der Waals surface area (Å²) >= 11 is 0. The highest BCUT2D eigenvalue weighted by Gasteiger charge is 2.51. The van der Waals surface area contributed by atoms with Crippen molar-refractivity contribution in [1.82, 2.24) is 40.4 Å². The Labute approximate surface area is 361 Å². The van der Waals surface area contributed by atoms with Crippen molar-refractivity contribution in [1.29, 1.82) is 0 Å². The smallest absolute Gasteiger partial charge is 0.407 e. The van der Waals surface area contributed by atoms with Crippen molar-refractivity contribution >= 4 is 35.0 Å². The Morgan fingerprint density at radius 3 is 2.05 bits per heavy atom. The van der Waals surface area contributed by atoms with E-state index in [1.807, 2.05) is 43.7 Å². The maximum absolute atomic E-state index is 14.1. The number of carbonyl (C=O) groups is 4. The number of carbonyl (C=O) groups excluding carboxylic acids is 4. The predicted octanol–water partition coefficient (Wildman–Crippen LogP) is 7.86. The van der Waals surface area contributed by atoms with E-state index in [9.17, 15) is 19.2 Å². The molecule has 4 amide bonds. The third kappa shape index (κ3) is 7.47. The van der Waals surface area contributed by atoms with Crippen molar-refractivity contribution in [3.8, 4) is 33.5 Å². The van der Waals surface area contributed by atoms with Crippen LogP contribution in [0.5, 0.6) is 0 Å². The lowest BCUT2D eigenvalue weighted by Gasteiger charge is -2.37. The molecule has 4 N–H and O–H groups in total. The number of aromatic nitrogens is 4. The largest absolute Gasteiger partial charge is 0.453 e. The molecular formula is C48H56N8O6. The number of H-pyrrole nitrogens is 2. The number of likely N-dealkylation sites (tertiary alicyclic amines) is 2. The first-order valence-electron chi connectivity index (χ1n) is 22.1. The van der Waals surface area contributed by atoms with Gasteiger partial charge in [-0.3, -0.25) is 9.59 Å². The molecule has 2 bridgehead atoms. The van der Waals surface area contributed by atoms with Crippen molar-refractivity contribution in [3.63, 3.8) is 0 Å². The molecule has 2 aliphatic heterocycles. The van der Waals surface area contributed by atoms with E-state index in [0.717, 1.165) is 90.0 Å². The van der Waals surface area contributed by atoms with Gasteiger partial charge in [0.2, 0.25) is 11.8 Å². The maximum Gasteiger partial charge on any atom is 0.407 e. The lowest BCUT2D eigenvalue weighted by Crippen LogP contribution is -2.54. The fraction of sp³-hybridized carbons (Fsp3) is 0.458. The molecule has 3 fully saturated rings. The van der Waals surface area contributed by atoms with Crippen molar-refractivity contribution in [2.45, 2.75) is 103 Å². The first-order valence-corrected chi connectivity index (χ1v) is 22.1. The van der Waals surface area contributed by atoms with Crippen LogP contribution in [0.15, 0.2) is 60.8 Å². The molecule has 14 heteroatoms. The van der Waals surface area contributed by atoms with Gasteiger partial charge in [-0.25, -0.2) is 19.6 Å². The Balaban J connectivity index is 0.920. The third-order valence-corrected chi connectivity index (χ3v) is 13.7. The van der Waals surface area contributed by atoms with Gasteiger partial charge in [0.1, 0.15) is 23.7 Å². The van der Waals surface area contributed by atoms with Crippen LogP contribution in [-0.2, 0) is 31.9 Å². The van der Waals surface area contributed by atoms with E-state index in [-0.39, 0.29) is 41.8 Å². The summed E-state index contributed by atoms with van der Waals surface area (Å²) in [7, 11) is 2.61. The number of imidazole rings is 2. The minimum absolute atomic E-state index is 0.0834. The summed E-state index contributed by atoms with van der Waals surface area (Å²) in [6, 6.07) is 18.1. The number of alkyl carbamates (subject to hydrolysis) is 2. The highest BCUT2D eigenvalue weighted by molar-refractivity contribution is 5.88. The summed E-state index contributed by atoms with van der Waals surface area (Å²) < 4.78 is 9.64. The van der Waals surface area contributed by atoms with Gasteiger partial charge in [-0.05, 0) is 120 Å². The van der Waals surface area contributed by atoms with Gasteiger partial charge in [-0.15, -0.1) is 0 Å². The molecule has 9 rings (SSSR count). The van der Waals surface area contributed by atoms with E-state index in [1.165, 1.54) is 36.5 Å². The van der Waals surface area contributed by atoms with Crippen molar-refractivity contribution in [2.75, 3.05) is 20.8 Å². The van der Waals surface area contributed by atoms with Gasteiger partial charge in [0, 0.05) is 12.6 Å². The minimum Gasteiger partial charge on any atom is -0.453 e. The molecule has 1 saturated carbocycles. The number of hydrogen-bond donors (Lipinski definition) is 4. The van der Waals surface area contributed by atoms with E-state index in [2.05, 4.69) is 75.2 Å². The van der Waals surface area contributed by atoms with Crippen LogP contribution in [0.4, 0.5) is 9.59 Å². The maximum atomic E-state index is 14.1. The van der Waals surface area contributed by atoms with Gasteiger partial charge in [-0.2, -0.15) is 0 Å². The Hall–Kier alpha value is -6.18. The zero-order chi connectivity index (χ0) is 43.4. The number of rotatable bonds is 10. The number of benzene rings is 3. The Morgan fingerprint density at radius 1 is 0.742 bits per heavy atom. The zero-order valence-corrected chi connectivity index (χ0v) is 36.3. The number of fused-ring (bicyclic) bond motifs is 6. The molecule has 2 aliphatic carbocycles. The van der Waals surface area contributed by atoms with Crippen molar-refractivity contribution in [2.24, 2.45) is 17.8 Å². The summed E-state index contributed by atoms with van der Waals surface area (Å²) in [5.41, 5.74) is 11.0. The number of nitrogens with zero attached hydrogens (tertiary/aromatic N) is 4. The molecule has 2 saturated heterocycles. The summed E-state index contributed by atoms with van der Waals surface area (Å²) in [6.07, 6.45) is 7.04. The fourth-order valence-electron chi connectivity index (χ4n) is 10.5. The number of ether oxygens (including phenoxy) is 2. The van der Waals surface area contributed by atoms with Gasteiger partial charge in [0.25, 0.3) is 0 Å². The molecule has 6 unspecified atom stereocenters. The van der Waals surface area contributed by atoms with Gasteiger partial charge in [-0.1, -0.05) is 64.1 Å². The molecule has 14 nitrogen and oxygen atoms in total. The Morgan fingerprint density at radius 2 is 1.37 bits per heavy atom. The molecule has 2 aromatic heterocycles. The number of aromatic amines is 2. The fourth-order valence-corrected chi connectivity index (χ4v) is 10.5. The monoisotopic (exact) mass is 840 g/mol. The molecule has 0 radical (unpaired) electrons. The highest BCUT2D eigenvalue weighted by Crippen LogP contribution is 2.50. The van der Waals surface area contributed by atoms with Crippen LogP contribution in [0.1, 0.15) is 94.7 Å². The number of nitrogens with one attached hydrogen (secondary N) is 4. The van der Waals surface area contributed by atoms with Crippen LogP contribution in [0.25, 0.3) is 44.5 Å². The molecule has 0 spiro atoms. The number of methoxy groups -OCH3 is 2. The normalized spacial score (nSPS) is 21.2. The van der Waals surface area contributed by atoms with E-state index in [0.29, 0.717) is 12.5 Å². The van der Waals surface area contributed by atoms with E-state index < -0.39 is 24.3 Å². The number of piperidine rings is 1. The first kappa shape index (κ1) is 41.2. The SMILES string of the molecule is COC(=O)NC(C(=O)N1CCCC1c1ncc(-c2ccc3c(c2)CCc2cc(-c4ccc5nc(C6C7CCC(C7)N6C(=O)C(NC(=O)OC)C(C)C)[nH]c5c4)ccc2-3)[nH]1)C(C)C. The van der Waals surface area contributed by atoms with Gasteiger partial charge >= 0.3 is 12.2 Å². The van der Waals surface area contributed by atoms with Crippen LogP contribution in [0.2, 0.25) is 0 Å². The van der Waals surface area contributed by atoms with Crippen LogP contribution in [0.3, 0.4) is 0 Å². The first-order chi connectivity index (χ1) is 29.9. The zero-order valence-electron chi connectivity index (χ0n) is 36.3. The Kier molecular flexibility index (Phi) is 11.0. The quantitative estimate of drug-likeness (QED) is 0.110.